The van der Waals surface area contributed by atoms with Crippen LogP contribution in [0.4, 0.5) is 0 Å². The molecule has 1 atom stereocenters. The zero-order chi connectivity index (χ0) is 17.8. The van der Waals surface area contributed by atoms with Gasteiger partial charge in [0.05, 0.1) is 19.8 Å². The molecule has 0 aliphatic heterocycles. The van der Waals surface area contributed by atoms with Gasteiger partial charge in [0.15, 0.2) is 0 Å². The first-order chi connectivity index (χ1) is 12.2. The maximum atomic E-state index is 12.5. The molecule has 1 aromatic heterocycles. The van der Waals surface area contributed by atoms with E-state index >= 15 is 0 Å². The third kappa shape index (κ3) is 3.15. The third-order valence-electron chi connectivity index (χ3n) is 4.17. The number of nitrogens with zero attached hydrogens (tertiary/aromatic N) is 1. The molecule has 3 rings (SSSR count). The fourth-order valence-electron chi connectivity index (χ4n) is 3.04. The first-order valence-corrected chi connectivity index (χ1v) is 8.23. The average molecular weight is 335 g/mol. The highest BCUT2D eigenvalue weighted by atomic mass is 16.5. The van der Waals surface area contributed by atoms with Gasteiger partial charge in [0.25, 0.3) is 0 Å². The number of rotatable bonds is 6. The fourth-order valence-corrected chi connectivity index (χ4v) is 3.04. The van der Waals surface area contributed by atoms with Crippen LogP contribution in [-0.4, -0.2) is 24.3 Å². The molecule has 0 N–H and O–H groups in total. The molecular weight excluding hydrogens is 314 g/mol. The van der Waals surface area contributed by atoms with Gasteiger partial charge in [-0.15, -0.1) is 6.58 Å². The van der Waals surface area contributed by atoms with E-state index in [1.54, 1.807) is 14.0 Å². The van der Waals surface area contributed by atoms with E-state index in [0.29, 0.717) is 12.3 Å². The minimum atomic E-state index is -0.347. The Kier molecular flexibility index (Phi) is 4.89. The van der Waals surface area contributed by atoms with Gasteiger partial charge in [-0.2, -0.15) is 0 Å². The maximum Gasteiger partial charge on any atom is 0.355 e. The summed E-state index contributed by atoms with van der Waals surface area (Å²) in [5.41, 5.74) is 2.48. The van der Waals surface area contributed by atoms with Crippen molar-refractivity contribution in [1.82, 2.24) is 4.57 Å². The van der Waals surface area contributed by atoms with E-state index < -0.39 is 0 Å². The standard InChI is InChI=1S/C21H21NO3/c1-4-18(15-9-7-6-8-10-15)22-19-12-11-17(24-3)13-16(19)14-20(22)21(23)25-5-2/h4,6-14,18H,1,5H2,2-3H3/t18-/m1/s1. The summed E-state index contributed by atoms with van der Waals surface area (Å²) in [5, 5.41) is 0.921. The molecule has 0 saturated heterocycles. The molecule has 4 nitrogen and oxygen atoms in total. The van der Waals surface area contributed by atoms with Crippen LogP contribution in [0.5, 0.6) is 5.75 Å². The molecule has 3 aromatic rings. The van der Waals surface area contributed by atoms with Crippen molar-refractivity contribution in [3.05, 3.63) is 78.5 Å². The summed E-state index contributed by atoms with van der Waals surface area (Å²) in [7, 11) is 1.63. The molecule has 128 valence electrons. The molecule has 25 heavy (non-hydrogen) atoms. The van der Waals surface area contributed by atoms with Crippen LogP contribution in [0, 0.1) is 0 Å². The number of esters is 1. The van der Waals surface area contributed by atoms with Gasteiger partial charge in [0, 0.05) is 10.9 Å². The Morgan fingerprint density at radius 1 is 1.20 bits per heavy atom. The number of carbonyl (C=O) groups is 1. The van der Waals surface area contributed by atoms with Crippen molar-refractivity contribution in [2.45, 2.75) is 13.0 Å². The molecule has 2 aromatic carbocycles. The summed E-state index contributed by atoms with van der Waals surface area (Å²) < 4.78 is 12.5. The average Bonchev–Trinajstić information content (AvgIpc) is 3.02. The van der Waals surface area contributed by atoms with Crippen LogP contribution in [0.15, 0.2) is 67.3 Å². The summed E-state index contributed by atoms with van der Waals surface area (Å²) >= 11 is 0. The number of methoxy groups -OCH3 is 1. The third-order valence-corrected chi connectivity index (χ3v) is 4.17. The number of carbonyl (C=O) groups excluding carboxylic acids is 1. The Hall–Kier alpha value is -3.01. The zero-order valence-electron chi connectivity index (χ0n) is 14.4. The Morgan fingerprint density at radius 2 is 1.96 bits per heavy atom. The molecule has 0 fully saturated rings. The first kappa shape index (κ1) is 16.8. The largest absolute Gasteiger partial charge is 0.497 e. The summed E-state index contributed by atoms with van der Waals surface area (Å²) in [4.78, 5) is 12.5. The number of allylic oxidation sites excluding steroid dienone is 1. The summed E-state index contributed by atoms with van der Waals surface area (Å²) in [5.74, 6) is 0.398. The molecule has 0 amide bonds. The Labute approximate surface area is 147 Å². The molecule has 0 saturated carbocycles. The van der Waals surface area contributed by atoms with Crippen molar-refractivity contribution in [3.8, 4) is 5.75 Å². The Bertz CT molecular complexity index is 896. The van der Waals surface area contributed by atoms with E-state index in [0.717, 1.165) is 22.2 Å². The van der Waals surface area contributed by atoms with Gasteiger partial charge >= 0.3 is 5.97 Å². The van der Waals surface area contributed by atoms with Gasteiger partial charge in [0.2, 0.25) is 0 Å². The summed E-state index contributed by atoms with van der Waals surface area (Å²) in [6.45, 7) is 6.11. The lowest BCUT2D eigenvalue weighted by molar-refractivity contribution is 0.0514. The number of hydrogen-bond donors (Lipinski definition) is 0. The van der Waals surface area contributed by atoms with Crippen LogP contribution in [0.1, 0.15) is 29.0 Å². The van der Waals surface area contributed by atoms with Crippen molar-refractivity contribution in [1.29, 1.82) is 0 Å². The normalized spacial score (nSPS) is 11.9. The molecular formula is C21H21NO3. The van der Waals surface area contributed by atoms with Crippen LogP contribution < -0.4 is 4.74 Å². The second-order valence-electron chi connectivity index (χ2n) is 5.64. The second kappa shape index (κ2) is 7.26. The summed E-state index contributed by atoms with van der Waals surface area (Å²) in [6.07, 6.45) is 1.84. The predicted octanol–water partition coefficient (Wildman–Crippen LogP) is 4.60. The van der Waals surface area contributed by atoms with Gasteiger partial charge in [-0.1, -0.05) is 36.4 Å². The van der Waals surface area contributed by atoms with Crippen molar-refractivity contribution in [2.24, 2.45) is 0 Å². The van der Waals surface area contributed by atoms with Crippen LogP contribution in [0.25, 0.3) is 10.9 Å². The van der Waals surface area contributed by atoms with Crippen molar-refractivity contribution >= 4 is 16.9 Å². The lowest BCUT2D eigenvalue weighted by atomic mass is 10.1. The molecule has 1 heterocycles. The molecule has 0 bridgehead atoms. The minimum Gasteiger partial charge on any atom is -0.497 e. The molecule has 0 aliphatic rings. The summed E-state index contributed by atoms with van der Waals surface area (Å²) in [6, 6.07) is 17.4. The molecule has 0 radical (unpaired) electrons. The van der Waals surface area contributed by atoms with Crippen LogP contribution in [0.3, 0.4) is 0 Å². The van der Waals surface area contributed by atoms with Crippen LogP contribution >= 0.6 is 0 Å². The molecule has 4 heteroatoms. The Morgan fingerprint density at radius 3 is 2.60 bits per heavy atom. The molecule has 0 spiro atoms. The molecule has 0 unspecified atom stereocenters. The monoisotopic (exact) mass is 335 g/mol. The number of fused-ring (bicyclic) bond motifs is 1. The van der Waals surface area contributed by atoms with E-state index in [1.807, 2.05) is 65.2 Å². The minimum absolute atomic E-state index is 0.175. The highest BCUT2D eigenvalue weighted by Crippen LogP contribution is 2.31. The van der Waals surface area contributed by atoms with Crippen molar-refractivity contribution < 1.29 is 14.3 Å². The van der Waals surface area contributed by atoms with Gasteiger partial charge in [-0.05, 0) is 36.8 Å². The highest BCUT2D eigenvalue weighted by molar-refractivity contribution is 5.96. The number of aromatic nitrogens is 1. The lowest BCUT2D eigenvalue weighted by Crippen LogP contribution is -2.16. The predicted molar refractivity (Wildman–Crippen MR) is 99.2 cm³/mol. The van der Waals surface area contributed by atoms with E-state index in [9.17, 15) is 4.79 Å². The van der Waals surface area contributed by atoms with Gasteiger partial charge in [-0.25, -0.2) is 4.79 Å². The van der Waals surface area contributed by atoms with Gasteiger partial charge < -0.3 is 14.0 Å². The number of hydrogen-bond acceptors (Lipinski definition) is 3. The highest BCUT2D eigenvalue weighted by Gasteiger charge is 2.22. The van der Waals surface area contributed by atoms with Crippen molar-refractivity contribution in [3.63, 3.8) is 0 Å². The second-order valence-corrected chi connectivity index (χ2v) is 5.64. The number of ether oxygens (including phenoxy) is 2. The van der Waals surface area contributed by atoms with Gasteiger partial charge in [-0.3, -0.25) is 0 Å². The van der Waals surface area contributed by atoms with Crippen LogP contribution in [-0.2, 0) is 4.74 Å². The first-order valence-electron chi connectivity index (χ1n) is 8.23. The van der Waals surface area contributed by atoms with Gasteiger partial charge in [0.1, 0.15) is 11.4 Å². The van der Waals surface area contributed by atoms with Crippen LogP contribution in [0.2, 0.25) is 0 Å². The molecule has 0 aliphatic carbocycles. The fraction of sp³-hybridized carbons (Fsp3) is 0.190. The van der Waals surface area contributed by atoms with E-state index in [1.165, 1.54) is 0 Å². The SMILES string of the molecule is C=C[C@H](c1ccccc1)n1c(C(=O)OCC)cc2cc(OC)ccc21. The van der Waals surface area contributed by atoms with E-state index in [2.05, 4.69) is 6.58 Å². The lowest BCUT2D eigenvalue weighted by Gasteiger charge is -2.19. The van der Waals surface area contributed by atoms with E-state index in [-0.39, 0.29) is 12.0 Å². The quantitative estimate of drug-likeness (QED) is 0.488. The Balaban J connectivity index is 2.24. The van der Waals surface area contributed by atoms with Crippen molar-refractivity contribution in [2.75, 3.05) is 13.7 Å². The zero-order valence-corrected chi connectivity index (χ0v) is 14.4. The van der Waals surface area contributed by atoms with E-state index in [4.69, 9.17) is 9.47 Å². The number of benzene rings is 2. The smallest absolute Gasteiger partial charge is 0.355 e. The maximum absolute atomic E-state index is 12.5. The topological polar surface area (TPSA) is 40.5 Å².